The van der Waals surface area contributed by atoms with Crippen LogP contribution in [0.3, 0.4) is 0 Å². The smallest absolute Gasteiger partial charge is 0.272 e. The standard InChI is InChI=1S/C26H24ClIN4O/c1-16-5-6-17(2)31(16)23-11-12-24(25(27)14-23)26(33)30-29-15-20-13-18(3)32(19(20)4)22-9-7-21(28)8-10-22/h5-15H,1-4H3,(H,30,33)/b29-15-. The summed E-state index contributed by atoms with van der Waals surface area (Å²) in [6.07, 6.45) is 1.66. The zero-order valence-electron chi connectivity index (χ0n) is 18.9. The molecule has 0 saturated heterocycles. The Kier molecular flexibility index (Phi) is 6.76. The van der Waals surface area contributed by atoms with Gasteiger partial charge >= 0.3 is 0 Å². The van der Waals surface area contributed by atoms with Gasteiger partial charge in [-0.2, -0.15) is 5.10 Å². The molecule has 7 heteroatoms. The molecule has 5 nitrogen and oxygen atoms in total. The summed E-state index contributed by atoms with van der Waals surface area (Å²) in [4.78, 5) is 12.7. The Balaban J connectivity index is 1.51. The van der Waals surface area contributed by atoms with E-state index in [0.717, 1.165) is 39.7 Å². The molecule has 168 valence electrons. The molecule has 0 atom stereocenters. The molecular weight excluding hydrogens is 547 g/mol. The molecule has 33 heavy (non-hydrogen) atoms. The maximum atomic E-state index is 12.7. The lowest BCUT2D eigenvalue weighted by Crippen LogP contribution is -2.18. The van der Waals surface area contributed by atoms with E-state index in [1.807, 2.05) is 45.0 Å². The summed E-state index contributed by atoms with van der Waals surface area (Å²) < 4.78 is 5.45. The second kappa shape index (κ2) is 9.57. The van der Waals surface area contributed by atoms with Gasteiger partial charge in [0.2, 0.25) is 0 Å². The third-order valence-electron chi connectivity index (χ3n) is 5.65. The van der Waals surface area contributed by atoms with Crippen molar-refractivity contribution in [3.8, 4) is 11.4 Å². The molecule has 0 unspecified atom stereocenters. The van der Waals surface area contributed by atoms with Gasteiger partial charge in [-0.1, -0.05) is 11.6 Å². The fraction of sp³-hybridized carbons (Fsp3) is 0.154. The van der Waals surface area contributed by atoms with E-state index in [9.17, 15) is 4.79 Å². The molecule has 1 N–H and O–H groups in total. The number of rotatable bonds is 5. The predicted octanol–water partition coefficient (Wildman–Crippen LogP) is 6.52. The third kappa shape index (κ3) is 4.77. The number of benzene rings is 2. The quantitative estimate of drug-likeness (QED) is 0.166. The van der Waals surface area contributed by atoms with Gasteiger partial charge in [-0.05, 0) is 111 Å². The molecule has 0 spiro atoms. The molecule has 0 aliphatic carbocycles. The van der Waals surface area contributed by atoms with Crippen molar-refractivity contribution in [3.63, 3.8) is 0 Å². The Morgan fingerprint density at radius 3 is 2.15 bits per heavy atom. The first-order valence-electron chi connectivity index (χ1n) is 10.5. The van der Waals surface area contributed by atoms with Crippen LogP contribution in [-0.2, 0) is 0 Å². The molecule has 0 saturated carbocycles. The molecule has 4 rings (SSSR count). The Morgan fingerprint density at radius 1 is 0.879 bits per heavy atom. The Bertz CT molecular complexity index is 1350. The predicted molar refractivity (Wildman–Crippen MR) is 143 cm³/mol. The van der Waals surface area contributed by atoms with E-state index in [1.54, 1.807) is 18.3 Å². The Hall–Kier alpha value is -2.84. The summed E-state index contributed by atoms with van der Waals surface area (Å²) in [6, 6.07) is 19.9. The zero-order chi connectivity index (χ0) is 23.7. The highest BCUT2D eigenvalue weighted by Crippen LogP contribution is 2.24. The summed E-state index contributed by atoms with van der Waals surface area (Å²) >= 11 is 8.74. The van der Waals surface area contributed by atoms with Crippen LogP contribution in [0.5, 0.6) is 0 Å². The lowest BCUT2D eigenvalue weighted by atomic mass is 10.2. The minimum Gasteiger partial charge on any atom is -0.318 e. The van der Waals surface area contributed by atoms with E-state index in [4.69, 9.17) is 11.6 Å². The number of nitrogens with zero attached hydrogens (tertiary/aromatic N) is 3. The number of aryl methyl sites for hydroxylation is 3. The average molecular weight is 571 g/mol. The van der Waals surface area contributed by atoms with Gasteiger partial charge in [0.1, 0.15) is 0 Å². The van der Waals surface area contributed by atoms with Gasteiger partial charge in [-0.3, -0.25) is 4.79 Å². The normalized spacial score (nSPS) is 11.3. The molecule has 0 aliphatic heterocycles. The number of nitrogens with one attached hydrogen (secondary N) is 1. The number of hydrogen-bond acceptors (Lipinski definition) is 2. The first-order valence-corrected chi connectivity index (χ1v) is 11.9. The highest BCUT2D eigenvalue weighted by molar-refractivity contribution is 14.1. The highest BCUT2D eigenvalue weighted by atomic mass is 127. The molecule has 2 aromatic carbocycles. The molecule has 0 fully saturated rings. The van der Waals surface area contributed by atoms with Crippen molar-refractivity contribution in [3.05, 3.63) is 103 Å². The lowest BCUT2D eigenvalue weighted by molar-refractivity contribution is 0.0955. The van der Waals surface area contributed by atoms with Crippen LogP contribution in [0.4, 0.5) is 0 Å². The van der Waals surface area contributed by atoms with Crippen molar-refractivity contribution < 1.29 is 4.79 Å². The van der Waals surface area contributed by atoms with Gasteiger partial charge in [0, 0.05) is 43.3 Å². The second-order valence-corrected chi connectivity index (χ2v) is 9.61. The van der Waals surface area contributed by atoms with Crippen molar-refractivity contribution in [2.75, 3.05) is 0 Å². The summed E-state index contributed by atoms with van der Waals surface area (Å²) in [5, 5.41) is 4.56. The molecule has 0 bridgehead atoms. The van der Waals surface area contributed by atoms with Crippen molar-refractivity contribution in [2.45, 2.75) is 27.7 Å². The fourth-order valence-corrected chi connectivity index (χ4v) is 4.65. The van der Waals surface area contributed by atoms with E-state index in [1.165, 1.54) is 3.57 Å². The second-order valence-electron chi connectivity index (χ2n) is 7.95. The van der Waals surface area contributed by atoms with E-state index < -0.39 is 0 Å². The van der Waals surface area contributed by atoms with Crippen LogP contribution in [0.15, 0.2) is 65.8 Å². The fourth-order valence-electron chi connectivity index (χ4n) is 4.03. The zero-order valence-corrected chi connectivity index (χ0v) is 21.8. The minimum atomic E-state index is -0.352. The van der Waals surface area contributed by atoms with Crippen molar-refractivity contribution >= 4 is 46.3 Å². The van der Waals surface area contributed by atoms with Crippen molar-refractivity contribution in [1.82, 2.24) is 14.6 Å². The van der Waals surface area contributed by atoms with Crippen LogP contribution in [0, 0.1) is 31.3 Å². The van der Waals surface area contributed by atoms with Gasteiger partial charge in [0.05, 0.1) is 16.8 Å². The number of hydrazone groups is 1. The molecular formula is C26H24ClIN4O. The molecule has 0 aliphatic rings. The SMILES string of the molecule is Cc1ccc(C)n1-c1ccc(C(=O)N/N=C\c2cc(C)n(-c3ccc(I)cc3)c2C)c(Cl)c1. The van der Waals surface area contributed by atoms with Gasteiger partial charge in [-0.25, -0.2) is 5.43 Å². The van der Waals surface area contributed by atoms with Crippen molar-refractivity contribution in [2.24, 2.45) is 5.10 Å². The monoisotopic (exact) mass is 570 g/mol. The van der Waals surface area contributed by atoms with Crippen LogP contribution in [0.25, 0.3) is 11.4 Å². The van der Waals surface area contributed by atoms with Crippen LogP contribution in [0.1, 0.15) is 38.7 Å². The lowest BCUT2D eigenvalue weighted by Gasteiger charge is -2.11. The number of aromatic nitrogens is 2. The molecule has 4 aromatic rings. The largest absolute Gasteiger partial charge is 0.318 e. The summed E-state index contributed by atoms with van der Waals surface area (Å²) in [5.41, 5.74) is 10.3. The van der Waals surface area contributed by atoms with Gasteiger partial charge in [0.15, 0.2) is 0 Å². The van der Waals surface area contributed by atoms with Crippen LogP contribution < -0.4 is 5.43 Å². The molecule has 1 amide bonds. The number of hydrogen-bond donors (Lipinski definition) is 1. The number of halogens is 2. The molecule has 0 radical (unpaired) electrons. The van der Waals surface area contributed by atoms with Crippen molar-refractivity contribution in [1.29, 1.82) is 0 Å². The first kappa shape index (κ1) is 23.3. The molecule has 2 heterocycles. The molecule has 2 aromatic heterocycles. The minimum absolute atomic E-state index is 0.352. The number of amides is 1. The Morgan fingerprint density at radius 2 is 1.52 bits per heavy atom. The summed E-state index contributed by atoms with van der Waals surface area (Å²) in [5.74, 6) is -0.352. The topological polar surface area (TPSA) is 51.3 Å². The van der Waals surface area contributed by atoms with E-state index >= 15 is 0 Å². The third-order valence-corrected chi connectivity index (χ3v) is 6.68. The summed E-state index contributed by atoms with van der Waals surface area (Å²) in [6.45, 7) is 8.16. The van der Waals surface area contributed by atoms with Gasteiger partial charge < -0.3 is 9.13 Å². The van der Waals surface area contributed by atoms with Gasteiger partial charge in [-0.15, -0.1) is 0 Å². The first-order chi connectivity index (χ1) is 15.8. The highest BCUT2D eigenvalue weighted by Gasteiger charge is 2.13. The van der Waals surface area contributed by atoms with E-state index in [2.05, 4.69) is 73.4 Å². The van der Waals surface area contributed by atoms with Gasteiger partial charge in [0.25, 0.3) is 5.91 Å². The van der Waals surface area contributed by atoms with Crippen LogP contribution in [0.2, 0.25) is 5.02 Å². The maximum Gasteiger partial charge on any atom is 0.272 e. The Labute approximate surface area is 212 Å². The van der Waals surface area contributed by atoms with E-state index in [0.29, 0.717) is 10.6 Å². The van der Waals surface area contributed by atoms with Crippen LogP contribution in [-0.4, -0.2) is 21.3 Å². The van der Waals surface area contributed by atoms with E-state index in [-0.39, 0.29) is 5.91 Å². The number of carbonyl (C=O) groups is 1. The number of carbonyl (C=O) groups excluding carboxylic acids is 1. The average Bonchev–Trinajstić information content (AvgIpc) is 3.26. The van der Waals surface area contributed by atoms with Crippen LogP contribution >= 0.6 is 34.2 Å². The summed E-state index contributed by atoms with van der Waals surface area (Å²) in [7, 11) is 0. The maximum absolute atomic E-state index is 12.7.